The highest BCUT2D eigenvalue weighted by molar-refractivity contribution is 6.03. The molecule has 0 N–H and O–H groups in total. The van der Waals surface area contributed by atoms with E-state index in [2.05, 4.69) is 4.90 Å². The summed E-state index contributed by atoms with van der Waals surface area (Å²) in [7, 11) is 0. The lowest BCUT2D eigenvalue weighted by atomic mass is 9.87. The van der Waals surface area contributed by atoms with Gasteiger partial charge in [-0.3, -0.25) is 14.5 Å². The molecular weight excluding hydrogens is 270 g/mol. The Hall–Kier alpha value is -1.62. The molecule has 1 heterocycles. The van der Waals surface area contributed by atoms with Crippen LogP contribution >= 0.6 is 0 Å². The molecule has 1 aromatic heterocycles. The van der Waals surface area contributed by atoms with E-state index in [1.165, 1.54) is 0 Å². The molecule has 21 heavy (non-hydrogen) atoms. The predicted octanol–water partition coefficient (Wildman–Crippen LogP) is 2.40. The molecule has 5 nitrogen and oxygen atoms in total. The van der Waals surface area contributed by atoms with Crippen molar-refractivity contribution in [2.24, 2.45) is 5.41 Å². The average molecular weight is 293 g/mol. The average Bonchev–Trinajstić information content (AvgIpc) is 3.16. The van der Waals surface area contributed by atoms with Crippen LogP contribution in [0, 0.1) is 5.41 Å². The van der Waals surface area contributed by atoms with E-state index in [0.717, 1.165) is 18.6 Å². The van der Waals surface area contributed by atoms with E-state index < -0.39 is 11.4 Å². The van der Waals surface area contributed by atoms with E-state index in [-0.39, 0.29) is 18.9 Å². The van der Waals surface area contributed by atoms with Gasteiger partial charge in [0.15, 0.2) is 5.78 Å². The third kappa shape index (κ3) is 3.94. The predicted molar refractivity (Wildman–Crippen MR) is 77.6 cm³/mol. The van der Waals surface area contributed by atoms with Gasteiger partial charge in [0.2, 0.25) is 0 Å². The Balaban J connectivity index is 1.99. The largest absolute Gasteiger partial charge is 0.468 e. The number of nitrogens with zero attached hydrogens (tertiary/aromatic N) is 1. The Bertz CT molecular complexity index is 488. The molecule has 0 radical (unpaired) electrons. The molecule has 1 aliphatic rings. The Morgan fingerprint density at radius 2 is 2.14 bits per heavy atom. The van der Waals surface area contributed by atoms with E-state index in [4.69, 9.17) is 9.15 Å². The topological polar surface area (TPSA) is 59.8 Å². The summed E-state index contributed by atoms with van der Waals surface area (Å²) >= 11 is 0. The van der Waals surface area contributed by atoms with E-state index in [1.54, 1.807) is 27.0 Å². The van der Waals surface area contributed by atoms with Crippen LogP contribution in [0.4, 0.5) is 0 Å². The fourth-order valence-electron chi connectivity index (χ4n) is 2.16. The maximum absolute atomic E-state index is 12.5. The fourth-order valence-corrected chi connectivity index (χ4v) is 2.16. The van der Waals surface area contributed by atoms with Crippen LogP contribution in [-0.2, 0) is 20.9 Å². The zero-order valence-corrected chi connectivity index (χ0v) is 12.9. The smallest absolute Gasteiger partial charge is 0.319 e. The first-order valence-electron chi connectivity index (χ1n) is 7.42. The number of hydrogen-bond acceptors (Lipinski definition) is 5. The number of carbonyl (C=O) groups excluding carboxylic acids is 2. The zero-order chi connectivity index (χ0) is 15.5. The number of esters is 1. The number of rotatable bonds is 8. The number of carbonyl (C=O) groups is 2. The maximum atomic E-state index is 12.5. The van der Waals surface area contributed by atoms with Gasteiger partial charge >= 0.3 is 5.97 Å². The molecule has 0 bridgehead atoms. The van der Waals surface area contributed by atoms with Crippen LogP contribution in [0.1, 0.15) is 39.4 Å². The maximum Gasteiger partial charge on any atom is 0.319 e. The van der Waals surface area contributed by atoms with Crippen LogP contribution in [0.2, 0.25) is 0 Å². The number of hydrogen-bond donors (Lipinski definition) is 0. The van der Waals surface area contributed by atoms with Gasteiger partial charge in [-0.05, 0) is 45.7 Å². The third-order valence-electron chi connectivity index (χ3n) is 3.83. The molecule has 1 fully saturated rings. The summed E-state index contributed by atoms with van der Waals surface area (Å²) in [4.78, 5) is 26.5. The summed E-state index contributed by atoms with van der Waals surface area (Å²) in [5, 5.41) is 0. The quantitative estimate of drug-likeness (QED) is 0.544. The molecule has 116 valence electrons. The summed E-state index contributed by atoms with van der Waals surface area (Å²) in [6.07, 6.45) is 3.81. The molecule has 0 atom stereocenters. The summed E-state index contributed by atoms with van der Waals surface area (Å²) in [5.41, 5.74) is -1.10. The fraction of sp³-hybridized carbons (Fsp3) is 0.625. The Morgan fingerprint density at radius 1 is 1.43 bits per heavy atom. The van der Waals surface area contributed by atoms with Gasteiger partial charge in [0.1, 0.15) is 11.2 Å². The van der Waals surface area contributed by atoms with Crippen LogP contribution in [0.25, 0.3) is 0 Å². The highest BCUT2D eigenvalue weighted by Crippen LogP contribution is 2.30. The van der Waals surface area contributed by atoms with Crippen molar-refractivity contribution in [1.82, 2.24) is 4.90 Å². The zero-order valence-electron chi connectivity index (χ0n) is 12.9. The van der Waals surface area contributed by atoms with Crippen molar-refractivity contribution < 1.29 is 18.7 Å². The summed E-state index contributed by atoms with van der Waals surface area (Å²) in [6, 6.07) is 4.15. The first kappa shape index (κ1) is 15.8. The van der Waals surface area contributed by atoms with Crippen molar-refractivity contribution in [1.29, 1.82) is 0 Å². The Morgan fingerprint density at radius 3 is 2.67 bits per heavy atom. The van der Waals surface area contributed by atoms with Gasteiger partial charge in [-0.25, -0.2) is 0 Å². The molecule has 0 unspecified atom stereocenters. The number of furan rings is 1. The first-order valence-corrected chi connectivity index (χ1v) is 7.42. The van der Waals surface area contributed by atoms with Crippen LogP contribution in [-0.4, -0.2) is 35.8 Å². The molecule has 0 amide bonds. The standard InChI is InChI=1S/C16H23NO4/c1-4-20-15(19)16(2,3)14(18)11-17(12-7-8-12)10-13-6-5-9-21-13/h5-6,9,12H,4,7-8,10-11H2,1-3H3. The molecule has 1 aliphatic carbocycles. The van der Waals surface area contributed by atoms with Crippen molar-refractivity contribution in [3.63, 3.8) is 0 Å². The summed E-state index contributed by atoms with van der Waals surface area (Å²) in [6.45, 7) is 6.14. The Kier molecular flexibility index (Phi) is 4.83. The lowest BCUT2D eigenvalue weighted by Crippen LogP contribution is -2.42. The van der Waals surface area contributed by atoms with Gasteiger partial charge in [0.05, 0.1) is 26.0 Å². The van der Waals surface area contributed by atoms with E-state index in [9.17, 15) is 9.59 Å². The minimum atomic E-state index is -1.10. The van der Waals surface area contributed by atoms with Crippen LogP contribution in [0.15, 0.2) is 22.8 Å². The third-order valence-corrected chi connectivity index (χ3v) is 3.83. The minimum Gasteiger partial charge on any atom is -0.468 e. The van der Waals surface area contributed by atoms with Crippen LogP contribution < -0.4 is 0 Å². The molecule has 2 rings (SSSR count). The molecule has 1 saturated carbocycles. The second kappa shape index (κ2) is 6.43. The van der Waals surface area contributed by atoms with Gasteiger partial charge in [-0.1, -0.05) is 0 Å². The van der Waals surface area contributed by atoms with E-state index in [0.29, 0.717) is 12.6 Å². The van der Waals surface area contributed by atoms with Gasteiger partial charge in [0, 0.05) is 6.04 Å². The molecule has 0 saturated heterocycles. The lowest BCUT2D eigenvalue weighted by Gasteiger charge is -2.26. The van der Waals surface area contributed by atoms with Gasteiger partial charge < -0.3 is 9.15 Å². The number of Topliss-reactive ketones (excluding diaryl/α,β-unsaturated/α-hetero) is 1. The van der Waals surface area contributed by atoms with Crippen LogP contribution in [0.5, 0.6) is 0 Å². The normalized spacial score (nSPS) is 15.2. The Labute approximate surface area is 125 Å². The molecule has 0 aliphatic heterocycles. The molecular formula is C16H23NO4. The lowest BCUT2D eigenvalue weighted by molar-refractivity contribution is -0.158. The molecule has 0 spiro atoms. The monoisotopic (exact) mass is 293 g/mol. The van der Waals surface area contributed by atoms with Gasteiger partial charge in [-0.15, -0.1) is 0 Å². The minimum absolute atomic E-state index is 0.112. The van der Waals surface area contributed by atoms with Crippen molar-refractivity contribution in [3.05, 3.63) is 24.2 Å². The second-order valence-electron chi connectivity index (χ2n) is 5.98. The van der Waals surface area contributed by atoms with Crippen molar-refractivity contribution in [2.75, 3.05) is 13.2 Å². The van der Waals surface area contributed by atoms with Crippen molar-refractivity contribution >= 4 is 11.8 Å². The summed E-state index contributed by atoms with van der Waals surface area (Å²) in [5.74, 6) is 0.270. The molecule has 1 aromatic rings. The second-order valence-corrected chi connectivity index (χ2v) is 5.98. The highest BCUT2D eigenvalue weighted by atomic mass is 16.5. The highest BCUT2D eigenvalue weighted by Gasteiger charge is 2.40. The van der Waals surface area contributed by atoms with Crippen molar-refractivity contribution in [3.8, 4) is 0 Å². The van der Waals surface area contributed by atoms with Gasteiger partial charge in [-0.2, -0.15) is 0 Å². The van der Waals surface area contributed by atoms with E-state index in [1.807, 2.05) is 12.1 Å². The van der Waals surface area contributed by atoms with Crippen LogP contribution in [0.3, 0.4) is 0 Å². The number of ether oxygens (including phenoxy) is 1. The van der Waals surface area contributed by atoms with E-state index >= 15 is 0 Å². The summed E-state index contributed by atoms with van der Waals surface area (Å²) < 4.78 is 10.3. The number of ketones is 1. The first-order chi connectivity index (χ1) is 9.95. The van der Waals surface area contributed by atoms with Crippen molar-refractivity contribution in [2.45, 2.75) is 46.2 Å². The molecule has 5 heteroatoms. The molecule has 0 aromatic carbocycles. The van der Waals surface area contributed by atoms with Gasteiger partial charge in [0.25, 0.3) is 0 Å². The SMILES string of the molecule is CCOC(=O)C(C)(C)C(=O)CN(Cc1ccco1)C1CC1.